The van der Waals surface area contributed by atoms with Crippen LogP contribution in [0.3, 0.4) is 0 Å². The SMILES string of the molecule is Cc1c(C=O)ccc2c1CCC2C. The zero-order valence-corrected chi connectivity index (χ0v) is 8.13. The second-order valence-corrected chi connectivity index (χ2v) is 3.91. The van der Waals surface area contributed by atoms with Crippen LogP contribution in [0.5, 0.6) is 0 Å². The Hall–Kier alpha value is -1.11. The van der Waals surface area contributed by atoms with Crippen molar-refractivity contribution in [1.29, 1.82) is 0 Å². The van der Waals surface area contributed by atoms with Gasteiger partial charge in [-0.05, 0) is 42.4 Å². The monoisotopic (exact) mass is 174 g/mol. The molecule has 0 amide bonds. The second-order valence-electron chi connectivity index (χ2n) is 3.91. The minimum Gasteiger partial charge on any atom is -0.298 e. The Morgan fingerprint density at radius 2 is 2.23 bits per heavy atom. The maximum Gasteiger partial charge on any atom is 0.150 e. The molecule has 0 spiro atoms. The third-order valence-electron chi connectivity index (χ3n) is 3.16. The lowest BCUT2D eigenvalue weighted by Gasteiger charge is -2.08. The molecule has 1 aromatic carbocycles. The summed E-state index contributed by atoms with van der Waals surface area (Å²) in [6.07, 6.45) is 3.33. The van der Waals surface area contributed by atoms with E-state index in [0.717, 1.165) is 18.3 Å². The molecule has 0 aromatic heterocycles. The van der Waals surface area contributed by atoms with Gasteiger partial charge in [-0.1, -0.05) is 19.1 Å². The Morgan fingerprint density at radius 1 is 1.46 bits per heavy atom. The van der Waals surface area contributed by atoms with Gasteiger partial charge in [0.2, 0.25) is 0 Å². The maximum absolute atomic E-state index is 10.7. The largest absolute Gasteiger partial charge is 0.298 e. The zero-order chi connectivity index (χ0) is 9.42. The summed E-state index contributed by atoms with van der Waals surface area (Å²) in [7, 11) is 0. The Morgan fingerprint density at radius 3 is 2.92 bits per heavy atom. The first kappa shape index (κ1) is 8.49. The quantitative estimate of drug-likeness (QED) is 0.598. The lowest BCUT2D eigenvalue weighted by molar-refractivity contribution is 0.112. The summed E-state index contributed by atoms with van der Waals surface area (Å²) >= 11 is 0. The highest BCUT2D eigenvalue weighted by Gasteiger charge is 2.20. The maximum atomic E-state index is 10.7. The number of hydrogen-bond donors (Lipinski definition) is 0. The average Bonchev–Trinajstić information content (AvgIpc) is 2.50. The van der Waals surface area contributed by atoms with Crippen molar-refractivity contribution in [2.24, 2.45) is 0 Å². The number of hydrogen-bond acceptors (Lipinski definition) is 1. The second kappa shape index (κ2) is 2.99. The van der Waals surface area contributed by atoms with Gasteiger partial charge in [-0.2, -0.15) is 0 Å². The van der Waals surface area contributed by atoms with Crippen LogP contribution in [0.25, 0.3) is 0 Å². The molecule has 0 radical (unpaired) electrons. The van der Waals surface area contributed by atoms with Gasteiger partial charge in [-0.3, -0.25) is 4.79 Å². The van der Waals surface area contributed by atoms with E-state index in [-0.39, 0.29) is 0 Å². The van der Waals surface area contributed by atoms with E-state index in [4.69, 9.17) is 0 Å². The van der Waals surface area contributed by atoms with Crippen LogP contribution >= 0.6 is 0 Å². The van der Waals surface area contributed by atoms with E-state index in [1.807, 2.05) is 6.07 Å². The van der Waals surface area contributed by atoms with Gasteiger partial charge >= 0.3 is 0 Å². The molecule has 0 N–H and O–H groups in total. The molecule has 0 saturated heterocycles. The van der Waals surface area contributed by atoms with Crippen molar-refractivity contribution in [3.05, 3.63) is 34.4 Å². The van der Waals surface area contributed by atoms with E-state index in [9.17, 15) is 4.79 Å². The molecular formula is C12H14O. The highest BCUT2D eigenvalue weighted by molar-refractivity contribution is 5.78. The molecule has 0 saturated carbocycles. The van der Waals surface area contributed by atoms with E-state index in [1.54, 1.807) is 0 Å². The molecule has 1 atom stereocenters. The van der Waals surface area contributed by atoms with E-state index in [1.165, 1.54) is 23.1 Å². The minimum atomic E-state index is 0.675. The highest BCUT2D eigenvalue weighted by atomic mass is 16.1. The van der Waals surface area contributed by atoms with Crippen LogP contribution in [-0.4, -0.2) is 6.29 Å². The molecule has 0 bridgehead atoms. The summed E-state index contributed by atoms with van der Waals surface area (Å²) in [5, 5.41) is 0. The van der Waals surface area contributed by atoms with Crippen molar-refractivity contribution < 1.29 is 4.79 Å². The van der Waals surface area contributed by atoms with Crippen molar-refractivity contribution in [3.8, 4) is 0 Å². The predicted molar refractivity (Wildman–Crippen MR) is 53.3 cm³/mol. The number of aldehydes is 1. The summed E-state index contributed by atoms with van der Waals surface area (Å²) in [5.74, 6) is 0.675. The van der Waals surface area contributed by atoms with Gasteiger partial charge in [-0.15, -0.1) is 0 Å². The minimum absolute atomic E-state index is 0.675. The van der Waals surface area contributed by atoms with Gasteiger partial charge in [0.1, 0.15) is 6.29 Å². The summed E-state index contributed by atoms with van der Waals surface area (Å²) in [4.78, 5) is 10.7. The molecule has 1 aliphatic rings. The van der Waals surface area contributed by atoms with E-state index < -0.39 is 0 Å². The molecule has 1 aliphatic carbocycles. The molecular weight excluding hydrogens is 160 g/mol. The Labute approximate surface area is 78.8 Å². The van der Waals surface area contributed by atoms with Crippen molar-refractivity contribution in [2.45, 2.75) is 32.6 Å². The molecule has 1 nitrogen and oxygen atoms in total. The molecule has 2 rings (SSSR count). The van der Waals surface area contributed by atoms with Gasteiger partial charge in [-0.25, -0.2) is 0 Å². The molecule has 68 valence electrons. The number of benzene rings is 1. The third kappa shape index (κ3) is 1.19. The van der Waals surface area contributed by atoms with Gasteiger partial charge in [0, 0.05) is 5.56 Å². The summed E-state index contributed by atoms with van der Waals surface area (Å²) in [6, 6.07) is 4.06. The molecule has 0 aliphatic heterocycles. The van der Waals surface area contributed by atoms with Crippen LogP contribution in [0.15, 0.2) is 12.1 Å². The van der Waals surface area contributed by atoms with Gasteiger partial charge in [0.25, 0.3) is 0 Å². The van der Waals surface area contributed by atoms with Crippen LogP contribution in [0.2, 0.25) is 0 Å². The summed E-state index contributed by atoms with van der Waals surface area (Å²) < 4.78 is 0. The predicted octanol–water partition coefficient (Wildman–Crippen LogP) is 2.86. The van der Waals surface area contributed by atoms with Crippen molar-refractivity contribution in [2.75, 3.05) is 0 Å². The fraction of sp³-hybridized carbons (Fsp3) is 0.417. The smallest absolute Gasteiger partial charge is 0.150 e. The number of fused-ring (bicyclic) bond motifs is 1. The number of carbonyl (C=O) groups excluding carboxylic acids is 1. The molecule has 13 heavy (non-hydrogen) atoms. The molecule has 0 heterocycles. The first-order valence-corrected chi connectivity index (χ1v) is 4.81. The van der Waals surface area contributed by atoms with Gasteiger partial charge in [0.05, 0.1) is 0 Å². The molecule has 0 fully saturated rings. The summed E-state index contributed by atoms with van der Waals surface area (Å²) in [6.45, 7) is 4.31. The third-order valence-corrected chi connectivity index (χ3v) is 3.16. The Balaban J connectivity index is 2.60. The van der Waals surface area contributed by atoms with E-state index in [0.29, 0.717) is 5.92 Å². The normalized spacial score (nSPS) is 20.0. The fourth-order valence-corrected chi connectivity index (χ4v) is 2.23. The van der Waals surface area contributed by atoms with Crippen molar-refractivity contribution in [1.82, 2.24) is 0 Å². The molecule has 1 unspecified atom stereocenters. The summed E-state index contributed by atoms with van der Waals surface area (Å²) in [5.41, 5.74) is 4.91. The number of carbonyl (C=O) groups is 1. The Kier molecular flexibility index (Phi) is 1.95. The first-order valence-electron chi connectivity index (χ1n) is 4.81. The number of rotatable bonds is 1. The lowest BCUT2D eigenvalue weighted by atomic mass is 9.97. The topological polar surface area (TPSA) is 17.1 Å². The van der Waals surface area contributed by atoms with Crippen LogP contribution in [-0.2, 0) is 6.42 Å². The van der Waals surface area contributed by atoms with Gasteiger partial charge < -0.3 is 0 Å². The van der Waals surface area contributed by atoms with Crippen molar-refractivity contribution >= 4 is 6.29 Å². The van der Waals surface area contributed by atoms with Crippen LogP contribution in [0.4, 0.5) is 0 Å². The first-order chi connectivity index (χ1) is 6.24. The van der Waals surface area contributed by atoms with Gasteiger partial charge in [0.15, 0.2) is 0 Å². The van der Waals surface area contributed by atoms with Crippen molar-refractivity contribution in [3.63, 3.8) is 0 Å². The van der Waals surface area contributed by atoms with E-state index in [2.05, 4.69) is 19.9 Å². The fourth-order valence-electron chi connectivity index (χ4n) is 2.23. The highest BCUT2D eigenvalue weighted by Crippen LogP contribution is 2.35. The van der Waals surface area contributed by atoms with Crippen LogP contribution in [0, 0.1) is 6.92 Å². The standard InChI is InChI=1S/C12H14O/c1-8-3-5-12-9(2)10(7-13)4-6-11(8)12/h4,6-8H,3,5H2,1-2H3. The van der Waals surface area contributed by atoms with Crippen LogP contribution in [0.1, 0.15) is 46.3 Å². The average molecular weight is 174 g/mol. The lowest BCUT2D eigenvalue weighted by Crippen LogP contribution is -1.94. The zero-order valence-electron chi connectivity index (χ0n) is 8.13. The van der Waals surface area contributed by atoms with Crippen LogP contribution < -0.4 is 0 Å². The molecule has 1 heteroatoms. The Bertz CT molecular complexity index is 352. The molecule has 1 aromatic rings. The van der Waals surface area contributed by atoms with E-state index >= 15 is 0 Å².